The Morgan fingerprint density at radius 3 is 2.54 bits per heavy atom. The number of rotatable bonds is 6. The van der Waals surface area contributed by atoms with Crippen LogP contribution in [-0.4, -0.2) is 17.4 Å². The fraction of sp³-hybridized carbons (Fsp3) is 0.100. The van der Waals surface area contributed by atoms with E-state index in [0.717, 1.165) is 5.69 Å². The molecule has 0 saturated heterocycles. The number of carbonyl (C=O) groups is 1. The number of nitrogens with zero attached hydrogens (tertiary/aromatic N) is 1. The number of anilines is 2. The lowest BCUT2D eigenvalue weighted by molar-refractivity contribution is 0.0953. The van der Waals surface area contributed by atoms with E-state index in [2.05, 4.69) is 15.6 Å². The third kappa shape index (κ3) is 4.58. The molecule has 6 heteroatoms. The Hall–Kier alpha value is -2.92. The molecule has 0 aliphatic rings. The summed E-state index contributed by atoms with van der Waals surface area (Å²) in [6.07, 6.45) is 1.91. The van der Waals surface area contributed by atoms with Gasteiger partial charge in [-0.1, -0.05) is 41.9 Å². The van der Waals surface area contributed by atoms with Crippen molar-refractivity contribution >= 4 is 29.0 Å². The number of halogens is 2. The number of hydrogen-bond acceptors (Lipinski definition) is 3. The molecule has 2 N–H and O–H groups in total. The zero-order chi connectivity index (χ0) is 18.4. The van der Waals surface area contributed by atoms with Crippen molar-refractivity contribution in [3.63, 3.8) is 0 Å². The van der Waals surface area contributed by atoms with E-state index in [1.54, 1.807) is 36.4 Å². The van der Waals surface area contributed by atoms with Crippen molar-refractivity contribution in [1.82, 2.24) is 10.3 Å². The number of amides is 1. The second-order valence-electron chi connectivity index (χ2n) is 5.63. The molecular weight excluding hydrogens is 353 g/mol. The zero-order valence-electron chi connectivity index (χ0n) is 13.9. The van der Waals surface area contributed by atoms with Crippen molar-refractivity contribution in [2.45, 2.75) is 6.42 Å². The van der Waals surface area contributed by atoms with Gasteiger partial charge in [-0.05, 0) is 42.3 Å². The number of carbonyl (C=O) groups excluding carboxylic acids is 1. The van der Waals surface area contributed by atoms with E-state index in [-0.39, 0.29) is 11.7 Å². The molecule has 0 bridgehead atoms. The number of nitrogens with one attached hydrogen (secondary N) is 2. The Morgan fingerprint density at radius 1 is 1.04 bits per heavy atom. The summed E-state index contributed by atoms with van der Waals surface area (Å²) >= 11 is 6.09. The highest BCUT2D eigenvalue weighted by molar-refractivity contribution is 6.33. The predicted octanol–water partition coefficient (Wildman–Crippen LogP) is 4.59. The maximum absolute atomic E-state index is 13.5. The van der Waals surface area contributed by atoms with Gasteiger partial charge in [-0.15, -0.1) is 0 Å². The standard InChI is InChI=1S/C20H17ClFN3O/c21-16-6-2-4-8-18(16)25-19-10-9-15(13-24-19)20(26)23-12-11-14-5-1-3-7-17(14)22/h1-10,13H,11-12H2,(H,23,26)(H,24,25). The third-order valence-corrected chi connectivity index (χ3v) is 4.13. The van der Waals surface area contributed by atoms with Gasteiger partial charge in [0.25, 0.3) is 5.91 Å². The van der Waals surface area contributed by atoms with Crippen LogP contribution >= 0.6 is 11.6 Å². The summed E-state index contributed by atoms with van der Waals surface area (Å²) in [6.45, 7) is 0.347. The van der Waals surface area contributed by atoms with E-state index in [1.807, 2.05) is 18.2 Å². The van der Waals surface area contributed by atoms with Gasteiger partial charge in [0.05, 0.1) is 16.3 Å². The minimum absolute atomic E-state index is 0.252. The first-order chi connectivity index (χ1) is 12.6. The molecule has 1 aromatic heterocycles. The third-order valence-electron chi connectivity index (χ3n) is 3.80. The fourth-order valence-electron chi connectivity index (χ4n) is 2.42. The van der Waals surface area contributed by atoms with Crippen LogP contribution in [0.4, 0.5) is 15.9 Å². The number of hydrogen-bond donors (Lipinski definition) is 2. The second kappa shape index (κ2) is 8.45. The lowest BCUT2D eigenvalue weighted by Gasteiger charge is -2.09. The number of benzene rings is 2. The molecule has 132 valence electrons. The van der Waals surface area contributed by atoms with Crippen LogP contribution in [0.3, 0.4) is 0 Å². The summed E-state index contributed by atoms with van der Waals surface area (Å²) in [6, 6.07) is 17.2. The molecule has 2 aromatic carbocycles. The Morgan fingerprint density at radius 2 is 1.81 bits per heavy atom. The monoisotopic (exact) mass is 369 g/mol. The summed E-state index contributed by atoms with van der Waals surface area (Å²) < 4.78 is 13.5. The van der Waals surface area contributed by atoms with E-state index >= 15 is 0 Å². The summed E-state index contributed by atoms with van der Waals surface area (Å²) in [4.78, 5) is 16.4. The van der Waals surface area contributed by atoms with E-state index in [0.29, 0.717) is 34.9 Å². The van der Waals surface area contributed by atoms with E-state index in [9.17, 15) is 9.18 Å². The minimum atomic E-state index is -0.265. The smallest absolute Gasteiger partial charge is 0.252 e. The lowest BCUT2D eigenvalue weighted by Crippen LogP contribution is -2.26. The van der Waals surface area contributed by atoms with E-state index in [4.69, 9.17) is 11.6 Å². The quantitative estimate of drug-likeness (QED) is 0.668. The summed E-state index contributed by atoms with van der Waals surface area (Å²) in [7, 11) is 0. The van der Waals surface area contributed by atoms with Crippen LogP contribution in [0.2, 0.25) is 5.02 Å². The van der Waals surface area contributed by atoms with Crippen molar-refractivity contribution < 1.29 is 9.18 Å². The van der Waals surface area contributed by atoms with Crippen LogP contribution in [0.25, 0.3) is 0 Å². The lowest BCUT2D eigenvalue weighted by atomic mass is 10.1. The maximum Gasteiger partial charge on any atom is 0.252 e. The minimum Gasteiger partial charge on any atom is -0.352 e. The van der Waals surface area contributed by atoms with Crippen molar-refractivity contribution in [1.29, 1.82) is 0 Å². The van der Waals surface area contributed by atoms with Gasteiger partial charge in [-0.3, -0.25) is 4.79 Å². The molecule has 1 amide bonds. The molecule has 0 fully saturated rings. The Balaban J connectivity index is 1.55. The van der Waals surface area contributed by atoms with Crippen molar-refractivity contribution in [2.24, 2.45) is 0 Å². The molecule has 0 atom stereocenters. The topological polar surface area (TPSA) is 54.0 Å². The van der Waals surface area contributed by atoms with Gasteiger partial charge in [0.15, 0.2) is 0 Å². The summed E-state index contributed by atoms with van der Waals surface area (Å²) in [5, 5.41) is 6.45. The molecule has 26 heavy (non-hydrogen) atoms. The van der Waals surface area contributed by atoms with Gasteiger partial charge in [-0.25, -0.2) is 9.37 Å². The van der Waals surface area contributed by atoms with Crippen LogP contribution < -0.4 is 10.6 Å². The fourth-order valence-corrected chi connectivity index (χ4v) is 2.60. The molecule has 0 saturated carbocycles. The Bertz CT molecular complexity index is 900. The first-order valence-corrected chi connectivity index (χ1v) is 8.50. The zero-order valence-corrected chi connectivity index (χ0v) is 14.6. The average Bonchev–Trinajstić information content (AvgIpc) is 2.66. The number of para-hydroxylation sites is 1. The molecule has 3 aromatic rings. The molecule has 0 unspecified atom stereocenters. The first-order valence-electron chi connectivity index (χ1n) is 8.13. The largest absolute Gasteiger partial charge is 0.352 e. The van der Waals surface area contributed by atoms with Crippen LogP contribution in [0.1, 0.15) is 15.9 Å². The molecule has 4 nitrogen and oxygen atoms in total. The molecule has 0 aliphatic carbocycles. The van der Waals surface area contributed by atoms with E-state index < -0.39 is 0 Å². The number of pyridine rings is 1. The second-order valence-corrected chi connectivity index (χ2v) is 6.04. The molecule has 0 spiro atoms. The van der Waals surface area contributed by atoms with Gasteiger partial charge >= 0.3 is 0 Å². The van der Waals surface area contributed by atoms with Gasteiger partial charge in [-0.2, -0.15) is 0 Å². The Labute approximate surface area is 156 Å². The molecule has 1 heterocycles. The molecule has 3 rings (SSSR count). The highest BCUT2D eigenvalue weighted by atomic mass is 35.5. The predicted molar refractivity (Wildman–Crippen MR) is 101 cm³/mol. The van der Waals surface area contributed by atoms with Gasteiger partial charge in [0.2, 0.25) is 0 Å². The normalized spacial score (nSPS) is 10.4. The summed E-state index contributed by atoms with van der Waals surface area (Å²) in [5.74, 6) is 0.0672. The van der Waals surface area contributed by atoms with Crippen molar-refractivity contribution in [3.05, 3.63) is 88.8 Å². The maximum atomic E-state index is 13.5. The van der Waals surface area contributed by atoms with Gasteiger partial charge in [0.1, 0.15) is 11.6 Å². The van der Waals surface area contributed by atoms with Gasteiger partial charge in [0, 0.05) is 12.7 Å². The number of aromatic nitrogens is 1. The van der Waals surface area contributed by atoms with E-state index in [1.165, 1.54) is 12.3 Å². The molecule has 0 radical (unpaired) electrons. The Kier molecular flexibility index (Phi) is 5.81. The van der Waals surface area contributed by atoms with Crippen molar-refractivity contribution in [2.75, 3.05) is 11.9 Å². The highest BCUT2D eigenvalue weighted by Gasteiger charge is 2.07. The SMILES string of the molecule is O=C(NCCc1ccccc1F)c1ccc(Nc2ccccc2Cl)nc1. The molecule has 0 aliphatic heterocycles. The van der Waals surface area contributed by atoms with Gasteiger partial charge < -0.3 is 10.6 Å². The first kappa shape index (κ1) is 17.9. The van der Waals surface area contributed by atoms with Crippen LogP contribution in [-0.2, 0) is 6.42 Å². The summed E-state index contributed by atoms with van der Waals surface area (Å²) in [5.41, 5.74) is 1.75. The van der Waals surface area contributed by atoms with Crippen molar-refractivity contribution in [3.8, 4) is 0 Å². The average molecular weight is 370 g/mol. The van der Waals surface area contributed by atoms with Crippen LogP contribution in [0, 0.1) is 5.82 Å². The highest BCUT2D eigenvalue weighted by Crippen LogP contribution is 2.23. The molecular formula is C20H17ClFN3O. The van der Waals surface area contributed by atoms with Crippen LogP contribution in [0.15, 0.2) is 66.9 Å². The van der Waals surface area contributed by atoms with Crippen LogP contribution in [0.5, 0.6) is 0 Å².